The van der Waals surface area contributed by atoms with Crippen molar-refractivity contribution >= 4 is 52.2 Å². The minimum absolute atomic E-state index is 0.00500. The van der Waals surface area contributed by atoms with Crippen LogP contribution in [0.5, 0.6) is 11.5 Å². The molecule has 6 nitrogen and oxygen atoms in total. The Bertz CT molecular complexity index is 1310. The van der Waals surface area contributed by atoms with Gasteiger partial charge in [0.25, 0.3) is 11.1 Å². The third-order valence-corrected chi connectivity index (χ3v) is 6.40. The number of halogens is 3. The highest BCUT2D eigenvalue weighted by atomic mass is 35.5. The van der Waals surface area contributed by atoms with Crippen molar-refractivity contribution in [2.75, 3.05) is 6.79 Å². The van der Waals surface area contributed by atoms with Crippen LogP contribution in [0.15, 0.2) is 51.8 Å². The second-order valence-corrected chi connectivity index (χ2v) is 8.70. The van der Waals surface area contributed by atoms with Gasteiger partial charge in [-0.3, -0.25) is 14.5 Å². The van der Waals surface area contributed by atoms with Gasteiger partial charge in [-0.25, -0.2) is 4.39 Å². The normalized spacial score (nSPS) is 16.5. The van der Waals surface area contributed by atoms with Gasteiger partial charge < -0.3 is 13.9 Å². The van der Waals surface area contributed by atoms with E-state index in [1.165, 1.54) is 24.3 Å². The molecule has 0 aliphatic carbocycles. The van der Waals surface area contributed by atoms with Crippen molar-refractivity contribution in [3.8, 4) is 22.8 Å². The van der Waals surface area contributed by atoms with Crippen LogP contribution < -0.4 is 9.47 Å². The van der Waals surface area contributed by atoms with E-state index in [1.54, 1.807) is 24.3 Å². The van der Waals surface area contributed by atoms with Crippen molar-refractivity contribution in [1.82, 2.24) is 4.90 Å². The molecule has 0 spiro atoms. The van der Waals surface area contributed by atoms with E-state index in [9.17, 15) is 14.0 Å². The maximum atomic E-state index is 13.4. The van der Waals surface area contributed by atoms with Gasteiger partial charge >= 0.3 is 0 Å². The summed E-state index contributed by atoms with van der Waals surface area (Å²) in [6, 6.07) is 10.8. The number of amides is 2. The van der Waals surface area contributed by atoms with Crippen molar-refractivity contribution in [3.63, 3.8) is 0 Å². The maximum absolute atomic E-state index is 13.4. The van der Waals surface area contributed by atoms with E-state index in [1.807, 2.05) is 0 Å². The molecule has 0 atom stereocenters. The van der Waals surface area contributed by atoms with E-state index in [0.717, 1.165) is 16.7 Å². The average molecular weight is 492 g/mol. The third-order valence-electron chi connectivity index (χ3n) is 4.85. The first kappa shape index (κ1) is 20.9. The Labute approximate surface area is 195 Å². The number of thioether (sulfide) groups is 1. The molecule has 2 amide bonds. The van der Waals surface area contributed by atoms with Crippen LogP contribution >= 0.6 is 35.0 Å². The molecule has 0 bridgehead atoms. The van der Waals surface area contributed by atoms with E-state index in [2.05, 4.69) is 0 Å². The molecule has 0 saturated carbocycles. The quantitative estimate of drug-likeness (QED) is 0.395. The topological polar surface area (TPSA) is 69.0 Å². The number of nitrogens with zero attached hydrogens (tertiary/aromatic N) is 1. The third kappa shape index (κ3) is 3.85. The van der Waals surface area contributed by atoms with E-state index in [-0.39, 0.29) is 23.3 Å². The molecule has 0 radical (unpaired) electrons. The molecule has 5 rings (SSSR count). The highest BCUT2D eigenvalue weighted by Crippen LogP contribution is 2.39. The number of carbonyl (C=O) groups excluding carboxylic acids is 2. The van der Waals surface area contributed by atoms with Crippen LogP contribution in [0.4, 0.5) is 9.18 Å². The van der Waals surface area contributed by atoms with Crippen LogP contribution in [0.25, 0.3) is 17.4 Å². The van der Waals surface area contributed by atoms with Gasteiger partial charge in [-0.15, -0.1) is 0 Å². The fourth-order valence-electron chi connectivity index (χ4n) is 3.25. The molecule has 0 N–H and O–H groups in total. The monoisotopic (exact) mass is 491 g/mol. The van der Waals surface area contributed by atoms with E-state index < -0.39 is 17.0 Å². The summed E-state index contributed by atoms with van der Waals surface area (Å²) in [4.78, 5) is 26.6. The van der Waals surface area contributed by atoms with Gasteiger partial charge in [0.2, 0.25) is 6.79 Å². The van der Waals surface area contributed by atoms with Crippen molar-refractivity contribution in [2.45, 2.75) is 6.54 Å². The predicted molar refractivity (Wildman–Crippen MR) is 118 cm³/mol. The van der Waals surface area contributed by atoms with E-state index in [0.29, 0.717) is 39.2 Å². The highest BCUT2D eigenvalue weighted by Gasteiger charge is 2.36. The number of furan rings is 1. The fourth-order valence-corrected chi connectivity index (χ4v) is 4.46. The lowest BCUT2D eigenvalue weighted by atomic mass is 10.2. The predicted octanol–water partition coefficient (Wildman–Crippen LogP) is 6.36. The lowest BCUT2D eigenvalue weighted by molar-refractivity contribution is -0.123. The maximum Gasteiger partial charge on any atom is 0.293 e. The van der Waals surface area contributed by atoms with E-state index >= 15 is 0 Å². The van der Waals surface area contributed by atoms with Crippen LogP contribution in [0.1, 0.15) is 11.3 Å². The van der Waals surface area contributed by atoms with Crippen LogP contribution in [0.3, 0.4) is 0 Å². The molecule has 1 saturated heterocycles. The van der Waals surface area contributed by atoms with Crippen molar-refractivity contribution in [1.29, 1.82) is 0 Å². The summed E-state index contributed by atoms with van der Waals surface area (Å²) in [7, 11) is 0. The molecule has 1 aromatic heterocycles. The minimum atomic E-state index is -0.529. The molecule has 32 heavy (non-hydrogen) atoms. The van der Waals surface area contributed by atoms with Crippen molar-refractivity contribution in [3.05, 3.63) is 74.6 Å². The van der Waals surface area contributed by atoms with Gasteiger partial charge in [0.1, 0.15) is 17.3 Å². The van der Waals surface area contributed by atoms with Crippen LogP contribution in [-0.4, -0.2) is 22.8 Å². The fraction of sp³-hybridized carbons (Fsp3) is 0.0909. The number of carbonyl (C=O) groups is 2. The first-order valence-corrected chi connectivity index (χ1v) is 10.8. The van der Waals surface area contributed by atoms with Gasteiger partial charge in [-0.05, 0) is 53.7 Å². The molecule has 2 aliphatic heterocycles. The van der Waals surface area contributed by atoms with Crippen LogP contribution in [0.2, 0.25) is 10.0 Å². The molecular weight excluding hydrogens is 480 g/mol. The molecule has 0 unspecified atom stereocenters. The lowest BCUT2D eigenvalue weighted by Gasteiger charge is -2.14. The summed E-state index contributed by atoms with van der Waals surface area (Å²) in [5, 5.41) is -0.0817. The highest BCUT2D eigenvalue weighted by molar-refractivity contribution is 8.18. The van der Waals surface area contributed by atoms with Crippen molar-refractivity contribution in [2.24, 2.45) is 0 Å². The Morgan fingerprint density at radius 1 is 1.03 bits per heavy atom. The summed E-state index contributed by atoms with van der Waals surface area (Å²) in [6.07, 6.45) is 1.49. The number of hydrogen-bond donors (Lipinski definition) is 0. The first-order chi connectivity index (χ1) is 15.4. The van der Waals surface area contributed by atoms with Gasteiger partial charge in [-0.1, -0.05) is 23.2 Å². The number of benzene rings is 2. The Morgan fingerprint density at radius 2 is 1.81 bits per heavy atom. The summed E-state index contributed by atoms with van der Waals surface area (Å²) in [5.74, 6) is 0.853. The van der Waals surface area contributed by atoms with Crippen LogP contribution in [0, 0.1) is 5.82 Å². The minimum Gasteiger partial charge on any atom is -0.457 e. The Kier molecular flexibility index (Phi) is 5.36. The number of hydrogen-bond acceptors (Lipinski definition) is 6. The number of imide groups is 1. The van der Waals surface area contributed by atoms with Gasteiger partial charge in [-0.2, -0.15) is 0 Å². The molecular formula is C22H12Cl2FNO5S. The van der Waals surface area contributed by atoms with Crippen molar-refractivity contribution < 1.29 is 27.9 Å². The second-order valence-electron chi connectivity index (χ2n) is 6.90. The van der Waals surface area contributed by atoms with Gasteiger partial charge in [0.05, 0.1) is 16.5 Å². The standard InChI is InChI=1S/C22H12Cl2FNO5S/c23-14-8-19-18(29-10-30-19)6-12(14)9-26-21(27)20(32-22(26)28)7-13-2-4-17(31-13)11-1-3-16(25)15(24)5-11/h1-8H,9-10H2/b20-7-. The molecule has 162 valence electrons. The summed E-state index contributed by atoms with van der Waals surface area (Å²) >= 11 is 12.9. The number of rotatable bonds is 4. The molecule has 10 heteroatoms. The lowest BCUT2D eigenvalue weighted by Crippen LogP contribution is -2.27. The molecule has 3 aromatic rings. The number of fused-ring (bicyclic) bond motifs is 1. The zero-order valence-electron chi connectivity index (χ0n) is 16.1. The zero-order chi connectivity index (χ0) is 22.4. The summed E-state index contributed by atoms with van der Waals surface area (Å²) in [5.41, 5.74) is 1.15. The molecule has 1 fully saturated rings. The largest absolute Gasteiger partial charge is 0.457 e. The summed E-state index contributed by atoms with van der Waals surface area (Å²) < 4.78 is 29.7. The Hall–Kier alpha value is -2.94. The van der Waals surface area contributed by atoms with Gasteiger partial charge in [0.15, 0.2) is 11.5 Å². The van der Waals surface area contributed by atoms with Gasteiger partial charge in [0, 0.05) is 22.7 Å². The molecule has 3 heterocycles. The first-order valence-electron chi connectivity index (χ1n) is 9.28. The smallest absolute Gasteiger partial charge is 0.293 e. The SMILES string of the molecule is O=C1S/C(=C\c2ccc(-c3ccc(F)c(Cl)c3)o2)C(=O)N1Cc1cc2c(cc1Cl)OCO2. The number of ether oxygens (including phenoxy) is 2. The Balaban J connectivity index is 1.36. The molecule has 2 aromatic carbocycles. The van der Waals surface area contributed by atoms with E-state index in [4.69, 9.17) is 37.1 Å². The molecule has 2 aliphatic rings. The van der Waals surface area contributed by atoms with Crippen LogP contribution in [-0.2, 0) is 11.3 Å². The summed E-state index contributed by atoms with van der Waals surface area (Å²) in [6.45, 7) is 0.0870. The Morgan fingerprint density at radius 3 is 2.59 bits per heavy atom. The zero-order valence-corrected chi connectivity index (χ0v) is 18.4. The average Bonchev–Trinajstić information content (AvgIpc) is 3.47. The second kappa shape index (κ2) is 8.20.